The molecule has 3 unspecified atom stereocenters. The SMILES string of the molecule is C=PCC(C)(C(CC)CCCC)[P+](=C)C. The lowest BCUT2D eigenvalue weighted by molar-refractivity contribution is 0.372. The molecule has 0 saturated heterocycles. The molecule has 0 aromatic carbocycles. The molecule has 0 heterocycles. The zero-order valence-electron chi connectivity index (χ0n) is 10.9. The van der Waals surface area contributed by atoms with Gasteiger partial charge in [-0.3, -0.25) is 0 Å². The standard InChI is InChI=1S/C13H27P2/c1-7-9-10-12(8-2)13(3,11-14-4)15(5)6/h12H,4-5,7-11H2,1-3,6H3/q+1. The number of hydrogen-bond acceptors (Lipinski definition) is 0. The van der Waals surface area contributed by atoms with Gasteiger partial charge in [-0.15, -0.1) is 8.20 Å². The Morgan fingerprint density at radius 1 is 1.40 bits per heavy atom. The molecule has 0 aliphatic heterocycles. The maximum Gasteiger partial charge on any atom is 0.133 e. The molecule has 2 heteroatoms. The van der Waals surface area contributed by atoms with E-state index in [0.29, 0.717) is 5.16 Å². The highest BCUT2D eigenvalue weighted by molar-refractivity contribution is 7.57. The predicted molar refractivity (Wildman–Crippen MR) is 80.6 cm³/mol. The Morgan fingerprint density at radius 2 is 2.00 bits per heavy atom. The van der Waals surface area contributed by atoms with E-state index in [2.05, 4.69) is 40.0 Å². The smallest absolute Gasteiger partial charge is 0.108 e. The Kier molecular flexibility index (Phi) is 7.76. The van der Waals surface area contributed by atoms with Gasteiger partial charge in [0.1, 0.15) is 5.16 Å². The van der Waals surface area contributed by atoms with Crippen molar-refractivity contribution in [1.82, 2.24) is 0 Å². The molecule has 0 spiro atoms. The van der Waals surface area contributed by atoms with Gasteiger partial charge in [-0.1, -0.05) is 33.0 Å². The molecule has 88 valence electrons. The highest BCUT2D eigenvalue weighted by atomic mass is 31.1. The Bertz CT molecular complexity index is 211. The van der Waals surface area contributed by atoms with Crippen LogP contribution in [0.3, 0.4) is 0 Å². The van der Waals surface area contributed by atoms with Crippen molar-refractivity contribution in [3.8, 4) is 0 Å². The Labute approximate surface area is 99.0 Å². The predicted octanol–water partition coefficient (Wildman–Crippen LogP) is 4.88. The summed E-state index contributed by atoms with van der Waals surface area (Å²) in [5.74, 6) is 0.848. The lowest BCUT2D eigenvalue weighted by atomic mass is 9.87. The number of hydrogen-bond donors (Lipinski definition) is 0. The van der Waals surface area contributed by atoms with Crippen LogP contribution in [-0.4, -0.2) is 30.6 Å². The van der Waals surface area contributed by atoms with E-state index >= 15 is 0 Å². The summed E-state index contributed by atoms with van der Waals surface area (Å²) in [6.45, 7) is 9.38. The van der Waals surface area contributed by atoms with E-state index in [1.807, 2.05) is 0 Å². The van der Waals surface area contributed by atoms with Crippen LogP contribution in [0.25, 0.3) is 0 Å². The van der Waals surface area contributed by atoms with Crippen LogP contribution in [-0.2, 0) is 0 Å². The third kappa shape index (κ3) is 4.38. The second-order valence-electron chi connectivity index (χ2n) is 4.68. The number of rotatable bonds is 8. The van der Waals surface area contributed by atoms with Gasteiger partial charge in [-0.05, 0) is 19.8 Å². The molecule has 0 rings (SSSR count). The quantitative estimate of drug-likeness (QED) is 0.534. The Balaban J connectivity index is 4.68. The van der Waals surface area contributed by atoms with Crippen molar-refractivity contribution in [2.75, 3.05) is 12.8 Å². The fourth-order valence-electron chi connectivity index (χ4n) is 2.19. The first-order valence-corrected chi connectivity index (χ1v) is 9.23. The van der Waals surface area contributed by atoms with Crippen molar-refractivity contribution in [1.29, 1.82) is 0 Å². The largest absolute Gasteiger partial charge is 0.133 e. The second-order valence-corrected chi connectivity index (χ2v) is 7.87. The van der Waals surface area contributed by atoms with Crippen molar-refractivity contribution in [3.05, 3.63) is 0 Å². The third-order valence-electron chi connectivity index (χ3n) is 3.58. The minimum atomic E-state index is -0.111. The van der Waals surface area contributed by atoms with Gasteiger partial charge >= 0.3 is 0 Å². The van der Waals surface area contributed by atoms with Gasteiger partial charge in [-0.2, -0.15) is 0 Å². The van der Waals surface area contributed by atoms with Crippen molar-refractivity contribution in [2.24, 2.45) is 5.92 Å². The summed E-state index contributed by atoms with van der Waals surface area (Å²) in [5, 5.41) is 0.447. The summed E-state index contributed by atoms with van der Waals surface area (Å²) in [5.41, 5.74) is 0. The van der Waals surface area contributed by atoms with E-state index in [1.165, 1.54) is 40.0 Å². The highest BCUT2D eigenvalue weighted by Gasteiger charge is 2.40. The van der Waals surface area contributed by atoms with Crippen LogP contribution in [0.1, 0.15) is 46.5 Å². The molecule has 0 bridgehead atoms. The lowest BCUT2D eigenvalue weighted by Crippen LogP contribution is -2.32. The molecule has 0 aliphatic carbocycles. The topological polar surface area (TPSA) is 0 Å². The van der Waals surface area contributed by atoms with Gasteiger partial charge in [0.15, 0.2) is 0 Å². The Hall–Kier alpha value is 0.340. The van der Waals surface area contributed by atoms with Gasteiger partial charge in [0.2, 0.25) is 0 Å². The second kappa shape index (κ2) is 7.59. The molecule has 0 nitrogen and oxygen atoms in total. The molecule has 0 radical (unpaired) electrons. The first-order valence-electron chi connectivity index (χ1n) is 5.99. The van der Waals surface area contributed by atoms with E-state index < -0.39 is 0 Å². The molecule has 0 aromatic heterocycles. The monoisotopic (exact) mass is 245 g/mol. The van der Waals surface area contributed by atoms with Crippen molar-refractivity contribution in [3.63, 3.8) is 0 Å². The van der Waals surface area contributed by atoms with Crippen molar-refractivity contribution < 1.29 is 0 Å². The average Bonchev–Trinajstić information content (AvgIpc) is 2.19. The van der Waals surface area contributed by atoms with Gasteiger partial charge < -0.3 is 0 Å². The normalized spacial score (nSPS) is 18.5. The molecule has 0 fully saturated rings. The molecule has 0 aromatic rings. The van der Waals surface area contributed by atoms with Gasteiger partial charge in [-0.25, -0.2) is 0 Å². The highest BCUT2D eigenvalue weighted by Crippen LogP contribution is 2.46. The van der Waals surface area contributed by atoms with Crippen LogP contribution < -0.4 is 0 Å². The van der Waals surface area contributed by atoms with Crippen LogP contribution in [0.15, 0.2) is 0 Å². The number of unbranched alkanes of at least 4 members (excludes halogenated alkanes) is 1. The molecule has 0 saturated carbocycles. The summed E-state index contributed by atoms with van der Waals surface area (Å²) in [6, 6.07) is 0. The molecule has 0 aliphatic rings. The van der Waals surface area contributed by atoms with E-state index in [-0.39, 0.29) is 7.55 Å². The molecule has 0 amide bonds. The molecule has 3 atom stereocenters. The summed E-state index contributed by atoms with van der Waals surface area (Å²) in [6.07, 6.45) is 14.9. The zero-order chi connectivity index (χ0) is 11.9. The summed E-state index contributed by atoms with van der Waals surface area (Å²) < 4.78 is 0. The molecule has 15 heavy (non-hydrogen) atoms. The first-order chi connectivity index (χ1) is 7.02. The van der Waals surface area contributed by atoms with E-state index in [1.54, 1.807) is 0 Å². The summed E-state index contributed by atoms with van der Waals surface area (Å²) in [7, 11) is 1.17. The first kappa shape index (κ1) is 15.3. The summed E-state index contributed by atoms with van der Waals surface area (Å²) >= 11 is 0. The van der Waals surface area contributed by atoms with E-state index in [9.17, 15) is 0 Å². The average molecular weight is 245 g/mol. The lowest BCUT2D eigenvalue weighted by Gasteiger charge is -2.30. The van der Waals surface area contributed by atoms with Crippen LogP contribution in [0.5, 0.6) is 0 Å². The summed E-state index contributed by atoms with van der Waals surface area (Å²) in [4.78, 5) is 0. The van der Waals surface area contributed by atoms with Gasteiger partial charge in [0.05, 0.1) is 20.5 Å². The van der Waals surface area contributed by atoms with Crippen LogP contribution in [0, 0.1) is 5.92 Å². The maximum atomic E-state index is 4.34. The fourth-order valence-corrected chi connectivity index (χ4v) is 5.10. The van der Waals surface area contributed by atoms with Gasteiger partial charge in [0, 0.05) is 12.1 Å². The third-order valence-corrected chi connectivity index (χ3v) is 6.98. The Morgan fingerprint density at radius 3 is 2.33 bits per heavy atom. The van der Waals surface area contributed by atoms with Crippen LogP contribution >= 0.6 is 15.7 Å². The van der Waals surface area contributed by atoms with Crippen LogP contribution in [0.2, 0.25) is 0 Å². The molecular weight excluding hydrogens is 218 g/mol. The maximum absolute atomic E-state index is 4.34. The van der Waals surface area contributed by atoms with Crippen LogP contribution in [0.4, 0.5) is 0 Å². The van der Waals surface area contributed by atoms with E-state index in [4.69, 9.17) is 0 Å². The minimum absolute atomic E-state index is 0.111. The molecule has 0 N–H and O–H groups in total. The molecular formula is C13H27P2+. The fraction of sp³-hybridized carbons (Fsp3) is 0.846. The zero-order valence-corrected chi connectivity index (χ0v) is 12.7. The van der Waals surface area contributed by atoms with E-state index in [0.717, 1.165) is 5.92 Å². The minimum Gasteiger partial charge on any atom is -0.108 e. The van der Waals surface area contributed by atoms with Crippen molar-refractivity contribution >= 4 is 28.3 Å². The van der Waals surface area contributed by atoms with Crippen molar-refractivity contribution in [2.45, 2.75) is 51.6 Å². The van der Waals surface area contributed by atoms with Gasteiger partial charge in [0.25, 0.3) is 0 Å².